The summed E-state index contributed by atoms with van der Waals surface area (Å²) in [5.41, 5.74) is 1.46. The molecule has 1 aromatic carbocycles. The van der Waals surface area contributed by atoms with Crippen LogP contribution in [0.4, 0.5) is 5.82 Å². The summed E-state index contributed by atoms with van der Waals surface area (Å²) in [5.74, 6) is 0.976. The molecule has 2 N–H and O–H groups in total. The number of hydrogen-bond acceptors (Lipinski definition) is 5. The van der Waals surface area contributed by atoms with E-state index in [2.05, 4.69) is 21.7 Å². The molecule has 0 aliphatic heterocycles. The van der Waals surface area contributed by atoms with E-state index in [0.717, 1.165) is 5.56 Å². The average Bonchev–Trinajstić information content (AvgIpc) is 2.64. The van der Waals surface area contributed by atoms with E-state index in [1.807, 2.05) is 31.2 Å². The molecule has 2 rings (SSSR count). The highest BCUT2D eigenvalue weighted by Crippen LogP contribution is 2.18. The van der Waals surface area contributed by atoms with Gasteiger partial charge in [-0.2, -0.15) is 5.26 Å². The lowest BCUT2D eigenvalue weighted by Crippen LogP contribution is -2.20. The van der Waals surface area contributed by atoms with Gasteiger partial charge < -0.3 is 15.4 Å². The number of nitriles is 1. The first kappa shape index (κ1) is 17.3. The highest BCUT2D eigenvalue weighted by Gasteiger charge is 2.10. The van der Waals surface area contributed by atoms with Crippen LogP contribution in [0.5, 0.6) is 5.75 Å². The summed E-state index contributed by atoms with van der Waals surface area (Å²) in [4.78, 5) is 16.1. The Bertz CT molecular complexity index is 740. The second-order valence-electron chi connectivity index (χ2n) is 5.12. The molecule has 0 radical (unpaired) electrons. The lowest BCUT2D eigenvalue weighted by molar-refractivity contribution is 0.0963. The number of carbonyl (C=O) groups is 1. The van der Waals surface area contributed by atoms with Gasteiger partial charge in [0.05, 0.1) is 5.56 Å². The first-order chi connectivity index (χ1) is 11.7. The third-order valence-electron chi connectivity index (χ3n) is 3.43. The van der Waals surface area contributed by atoms with Gasteiger partial charge in [0.1, 0.15) is 17.6 Å². The normalized spacial score (nSPS) is 11.2. The van der Waals surface area contributed by atoms with Crippen LogP contribution in [0.2, 0.25) is 0 Å². The van der Waals surface area contributed by atoms with Gasteiger partial charge in [-0.05, 0) is 36.2 Å². The van der Waals surface area contributed by atoms with E-state index in [0.29, 0.717) is 30.1 Å². The van der Waals surface area contributed by atoms with Gasteiger partial charge in [0, 0.05) is 19.8 Å². The van der Waals surface area contributed by atoms with Crippen LogP contribution >= 0.6 is 0 Å². The molecular weight excluding hydrogens is 304 g/mol. The van der Waals surface area contributed by atoms with Crippen LogP contribution in [0.1, 0.15) is 29.3 Å². The van der Waals surface area contributed by atoms with Crippen LogP contribution in [0.3, 0.4) is 0 Å². The minimum absolute atomic E-state index is 0.192. The van der Waals surface area contributed by atoms with E-state index in [-0.39, 0.29) is 5.91 Å². The summed E-state index contributed by atoms with van der Waals surface area (Å²) in [6.07, 6.45) is 1.80. The number of nitrogens with one attached hydrogen (secondary N) is 2. The van der Waals surface area contributed by atoms with Crippen LogP contribution in [-0.2, 0) is 6.54 Å². The molecular formula is C18H20N4O2. The van der Waals surface area contributed by atoms with Crippen molar-refractivity contribution in [3.05, 3.63) is 53.7 Å². The quantitative estimate of drug-likeness (QED) is 0.818. The summed E-state index contributed by atoms with van der Waals surface area (Å²) < 4.78 is 5.62. The zero-order chi connectivity index (χ0) is 17.4. The topological polar surface area (TPSA) is 87.0 Å². The number of anilines is 1. The van der Waals surface area contributed by atoms with E-state index < -0.39 is 6.10 Å². The second-order valence-corrected chi connectivity index (χ2v) is 5.12. The number of benzene rings is 1. The fourth-order valence-electron chi connectivity index (χ4n) is 2.14. The van der Waals surface area contributed by atoms with Crippen molar-refractivity contribution in [1.82, 2.24) is 10.3 Å². The highest BCUT2D eigenvalue weighted by molar-refractivity contribution is 5.98. The Morgan fingerprint density at radius 2 is 2.21 bits per heavy atom. The van der Waals surface area contributed by atoms with Gasteiger partial charge in [-0.3, -0.25) is 4.79 Å². The predicted molar refractivity (Wildman–Crippen MR) is 91.7 cm³/mol. The first-order valence-corrected chi connectivity index (χ1v) is 7.74. The Balaban J connectivity index is 2.08. The number of carbonyl (C=O) groups excluding carboxylic acids is 1. The number of amides is 1. The molecule has 0 bridgehead atoms. The maximum absolute atomic E-state index is 11.8. The lowest BCUT2D eigenvalue weighted by atomic mass is 10.2. The van der Waals surface area contributed by atoms with Crippen molar-refractivity contribution < 1.29 is 9.53 Å². The Morgan fingerprint density at radius 1 is 1.38 bits per heavy atom. The smallest absolute Gasteiger partial charge is 0.254 e. The maximum atomic E-state index is 11.8. The summed E-state index contributed by atoms with van der Waals surface area (Å²) in [5, 5.41) is 14.7. The van der Waals surface area contributed by atoms with Crippen LogP contribution < -0.4 is 15.4 Å². The number of pyridine rings is 1. The molecule has 0 fully saturated rings. The first-order valence-electron chi connectivity index (χ1n) is 7.74. The summed E-state index contributed by atoms with van der Waals surface area (Å²) in [6.45, 7) is 2.39. The van der Waals surface area contributed by atoms with Gasteiger partial charge in [0.15, 0.2) is 6.10 Å². The Hall–Kier alpha value is -3.07. The van der Waals surface area contributed by atoms with Gasteiger partial charge in [0.25, 0.3) is 5.91 Å². The summed E-state index contributed by atoms with van der Waals surface area (Å²) in [7, 11) is 1.58. The average molecular weight is 324 g/mol. The third-order valence-corrected chi connectivity index (χ3v) is 3.43. The number of nitrogens with zero attached hydrogens (tertiary/aromatic N) is 2. The van der Waals surface area contributed by atoms with E-state index in [1.165, 1.54) is 0 Å². The molecule has 24 heavy (non-hydrogen) atoms. The molecule has 0 aliphatic rings. The Labute approximate surface area is 141 Å². The minimum Gasteiger partial charge on any atom is -0.476 e. The monoisotopic (exact) mass is 324 g/mol. The SMILES string of the molecule is CCC(C#N)Oc1cccc(CNc2ncccc2C(=O)NC)c1. The van der Waals surface area contributed by atoms with Crippen LogP contribution in [0.15, 0.2) is 42.6 Å². The van der Waals surface area contributed by atoms with Crippen LogP contribution in [-0.4, -0.2) is 24.0 Å². The predicted octanol–water partition coefficient (Wildman–Crippen LogP) is 2.73. The highest BCUT2D eigenvalue weighted by atomic mass is 16.5. The lowest BCUT2D eigenvalue weighted by Gasteiger charge is -2.13. The van der Waals surface area contributed by atoms with E-state index in [9.17, 15) is 4.79 Å². The zero-order valence-electron chi connectivity index (χ0n) is 13.7. The Morgan fingerprint density at radius 3 is 2.92 bits per heavy atom. The fourth-order valence-corrected chi connectivity index (χ4v) is 2.14. The van der Waals surface area contributed by atoms with Crippen molar-refractivity contribution in [2.45, 2.75) is 26.0 Å². The molecule has 2 aromatic rings. The molecule has 6 nitrogen and oxygen atoms in total. The van der Waals surface area contributed by atoms with Gasteiger partial charge in [-0.15, -0.1) is 0 Å². The number of aromatic nitrogens is 1. The fraction of sp³-hybridized carbons (Fsp3) is 0.278. The molecule has 0 saturated carbocycles. The van der Waals surface area contributed by atoms with Crippen molar-refractivity contribution in [2.24, 2.45) is 0 Å². The molecule has 0 spiro atoms. The summed E-state index contributed by atoms with van der Waals surface area (Å²) in [6, 6.07) is 13.0. The van der Waals surface area contributed by atoms with Crippen molar-refractivity contribution in [2.75, 3.05) is 12.4 Å². The van der Waals surface area contributed by atoms with Gasteiger partial charge in [0.2, 0.25) is 0 Å². The molecule has 1 aromatic heterocycles. The second kappa shape index (κ2) is 8.53. The molecule has 0 saturated heterocycles. The van der Waals surface area contributed by atoms with Crippen molar-refractivity contribution in [3.63, 3.8) is 0 Å². The number of rotatable bonds is 7. The van der Waals surface area contributed by atoms with E-state index >= 15 is 0 Å². The molecule has 0 aliphatic carbocycles. The van der Waals surface area contributed by atoms with E-state index in [4.69, 9.17) is 10.00 Å². The van der Waals surface area contributed by atoms with Crippen molar-refractivity contribution in [1.29, 1.82) is 5.26 Å². The number of hydrogen-bond donors (Lipinski definition) is 2. The van der Waals surface area contributed by atoms with Gasteiger partial charge in [-0.1, -0.05) is 19.1 Å². The molecule has 1 heterocycles. The van der Waals surface area contributed by atoms with Crippen LogP contribution in [0, 0.1) is 11.3 Å². The Kier molecular flexibility index (Phi) is 6.15. The van der Waals surface area contributed by atoms with Crippen molar-refractivity contribution >= 4 is 11.7 Å². The molecule has 6 heteroatoms. The van der Waals surface area contributed by atoms with Crippen molar-refractivity contribution in [3.8, 4) is 11.8 Å². The summed E-state index contributed by atoms with van der Waals surface area (Å²) >= 11 is 0. The molecule has 1 atom stereocenters. The largest absolute Gasteiger partial charge is 0.476 e. The van der Waals surface area contributed by atoms with Gasteiger partial charge >= 0.3 is 0 Å². The minimum atomic E-state index is -0.455. The molecule has 1 unspecified atom stereocenters. The third kappa shape index (κ3) is 4.46. The standard InChI is InChI=1S/C18H20N4O2/c1-3-14(11-19)24-15-7-4-6-13(10-15)12-22-17-16(18(23)20-2)8-5-9-21-17/h4-10,14H,3,12H2,1-2H3,(H,20,23)(H,21,22). The zero-order valence-corrected chi connectivity index (χ0v) is 13.7. The van der Waals surface area contributed by atoms with E-state index in [1.54, 1.807) is 25.4 Å². The number of ether oxygens (including phenoxy) is 1. The molecule has 124 valence electrons. The maximum Gasteiger partial charge on any atom is 0.254 e. The van der Waals surface area contributed by atoms with Crippen LogP contribution in [0.25, 0.3) is 0 Å². The van der Waals surface area contributed by atoms with Gasteiger partial charge in [-0.25, -0.2) is 4.98 Å². The molecule has 1 amide bonds.